The average molecular weight is 309 g/mol. The second-order valence-corrected chi connectivity index (χ2v) is 5.97. The van der Waals surface area contributed by atoms with Crippen LogP contribution in [0.3, 0.4) is 0 Å². The van der Waals surface area contributed by atoms with Gasteiger partial charge in [0.2, 0.25) is 10.0 Å². The zero-order valence-corrected chi connectivity index (χ0v) is 12.1. The number of rotatable bonds is 4. The maximum atomic E-state index is 13.7. The molecule has 5 nitrogen and oxygen atoms in total. The Kier molecular flexibility index (Phi) is 4.89. The molecule has 0 aliphatic heterocycles. The smallest absolute Gasteiger partial charge is 0.256 e. The molecule has 106 valence electrons. The Bertz CT molecular complexity index is 604. The van der Waals surface area contributed by atoms with Crippen LogP contribution in [-0.2, 0) is 10.0 Å². The Morgan fingerprint density at radius 2 is 2.05 bits per heavy atom. The van der Waals surface area contributed by atoms with E-state index in [1.54, 1.807) is 0 Å². The first kappa shape index (κ1) is 15.9. The summed E-state index contributed by atoms with van der Waals surface area (Å²) in [5, 5.41) is 4.60. The first-order valence-corrected chi connectivity index (χ1v) is 7.38. The number of nitrogens with zero attached hydrogens (tertiary/aromatic N) is 1. The van der Waals surface area contributed by atoms with Crippen LogP contribution in [0.2, 0.25) is 5.02 Å². The van der Waals surface area contributed by atoms with Gasteiger partial charge in [-0.3, -0.25) is 4.79 Å². The zero-order valence-electron chi connectivity index (χ0n) is 10.5. The molecule has 1 aromatic rings. The fourth-order valence-corrected chi connectivity index (χ4v) is 2.64. The van der Waals surface area contributed by atoms with Gasteiger partial charge in [-0.25, -0.2) is 17.9 Å². The van der Waals surface area contributed by atoms with Gasteiger partial charge in [-0.2, -0.15) is 0 Å². The van der Waals surface area contributed by atoms with Crippen molar-refractivity contribution in [3.8, 4) is 0 Å². The number of amides is 1. The molecule has 0 aliphatic rings. The van der Waals surface area contributed by atoms with Gasteiger partial charge in [0.1, 0.15) is 10.7 Å². The third-order valence-electron chi connectivity index (χ3n) is 2.46. The standard InChI is InChI=1S/C11H14ClFN2O3S/c1-3-4-15(2)11(16)7-5-10(19(14,17)18)8(12)6-9(7)13/h5-6H,3-4H2,1-2H3,(H2,14,17,18). The first-order valence-electron chi connectivity index (χ1n) is 5.45. The summed E-state index contributed by atoms with van der Waals surface area (Å²) in [6.45, 7) is 2.28. The molecule has 19 heavy (non-hydrogen) atoms. The van der Waals surface area contributed by atoms with Gasteiger partial charge in [0.05, 0.1) is 10.6 Å². The Balaban J connectivity index is 3.34. The van der Waals surface area contributed by atoms with Crippen molar-refractivity contribution in [2.75, 3.05) is 13.6 Å². The van der Waals surface area contributed by atoms with Gasteiger partial charge in [-0.05, 0) is 18.6 Å². The van der Waals surface area contributed by atoms with Crippen LogP contribution in [0.4, 0.5) is 4.39 Å². The van der Waals surface area contributed by atoms with E-state index < -0.39 is 26.6 Å². The molecule has 8 heteroatoms. The number of carbonyl (C=O) groups is 1. The molecule has 0 spiro atoms. The van der Waals surface area contributed by atoms with E-state index in [4.69, 9.17) is 16.7 Å². The van der Waals surface area contributed by atoms with Crippen molar-refractivity contribution in [2.45, 2.75) is 18.2 Å². The van der Waals surface area contributed by atoms with Crippen LogP contribution in [-0.4, -0.2) is 32.8 Å². The van der Waals surface area contributed by atoms with Crippen molar-refractivity contribution in [3.63, 3.8) is 0 Å². The number of sulfonamides is 1. The van der Waals surface area contributed by atoms with E-state index in [0.717, 1.165) is 12.1 Å². The van der Waals surface area contributed by atoms with Crippen molar-refractivity contribution in [2.24, 2.45) is 5.14 Å². The normalized spacial score (nSPS) is 11.4. The monoisotopic (exact) mass is 308 g/mol. The predicted octanol–water partition coefficient (Wildman–Crippen LogP) is 1.61. The first-order chi connectivity index (χ1) is 8.68. The molecular weight excluding hydrogens is 295 g/mol. The van der Waals surface area contributed by atoms with Gasteiger partial charge in [0.25, 0.3) is 5.91 Å². The highest BCUT2D eigenvalue weighted by atomic mass is 35.5. The Morgan fingerprint density at radius 3 is 2.53 bits per heavy atom. The lowest BCUT2D eigenvalue weighted by atomic mass is 10.2. The van der Waals surface area contributed by atoms with Crippen LogP contribution in [0.15, 0.2) is 17.0 Å². The summed E-state index contributed by atoms with van der Waals surface area (Å²) in [6, 6.07) is 1.63. The number of halogens is 2. The molecule has 0 aromatic heterocycles. The van der Waals surface area contributed by atoms with Gasteiger partial charge in [-0.1, -0.05) is 18.5 Å². The van der Waals surface area contributed by atoms with E-state index in [1.807, 2.05) is 6.92 Å². The van der Waals surface area contributed by atoms with Gasteiger partial charge in [0, 0.05) is 13.6 Å². The van der Waals surface area contributed by atoms with Gasteiger partial charge >= 0.3 is 0 Å². The highest BCUT2D eigenvalue weighted by molar-refractivity contribution is 7.89. The molecule has 0 bridgehead atoms. The topological polar surface area (TPSA) is 80.5 Å². The fourth-order valence-electron chi connectivity index (χ4n) is 1.55. The van der Waals surface area contributed by atoms with Crippen LogP contribution in [0.5, 0.6) is 0 Å². The molecule has 1 aromatic carbocycles. The maximum Gasteiger partial charge on any atom is 0.256 e. The highest BCUT2D eigenvalue weighted by Gasteiger charge is 2.22. The summed E-state index contributed by atoms with van der Waals surface area (Å²) in [6.07, 6.45) is 0.694. The molecule has 0 atom stereocenters. The Hall–Kier alpha value is -1.18. The van der Waals surface area contributed by atoms with Gasteiger partial charge < -0.3 is 4.90 Å². The molecule has 0 heterocycles. The summed E-state index contributed by atoms with van der Waals surface area (Å²) < 4.78 is 36.3. The largest absolute Gasteiger partial charge is 0.342 e. The summed E-state index contributed by atoms with van der Waals surface area (Å²) >= 11 is 5.61. The number of primary sulfonamides is 1. The number of carbonyl (C=O) groups excluding carboxylic acids is 1. The van der Waals surface area contributed by atoms with E-state index >= 15 is 0 Å². The van der Waals surface area contributed by atoms with Crippen molar-refractivity contribution < 1.29 is 17.6 Å². The maximum absolute atomic E-state index is 13.7. The van der Waals surface area contributed by atoms with Gasteiger partial charge in [-0.15, -0.1) is 0 Å². The van der Waals surface area contributed by atoms with E-state index in [1.165, 1.54) is 11.9 Å². The highest BCUT2D eigenvalue weighted by Crippen LogP contribution is 2.24. The third kappa shape index (κ3) is 3.65. The van der Waals surface area contributed by atoms with Crippen molar-refractivity contribution in [1.82, 2.24) is 4.90 Å². The molecule has 0 saturated carbocycles. The minimum Gasteiger partial charge on any atom is -0.342 e. The second kappa shape index (κ2) is 5.85. The Morgan fingerprint density at radius 1 is 1.47 bits per heavy atom. The van der Waals surface area contributed by atoms with Crippen LogP contribution >= 0.6 is 11.6 Å². The second-order valence-electron chi connectivity index (χ2n) is 4.03. The van der Waals surface area contributed by atoms with Crippen molar-refractivity contribution in [1.29, 1.82) is 0 Å². The molecule has 2 N–H and O–H groups in total. The lowest BCUT2D eigenvalue weighted by molar-refractivity contribution is 0.0790. The minimum atomic E-state index is -4.11. The van der Waals surface area contributed by atoms with E-state index in [0.29, 0.717) is 13.0 Å². The molecule has 0 unspecified atom stereocenters. The van der Waals surface area contributed by atoms with E-state index in [-0.39, 0.29) is 10.6 Å². The summed E-state index contributed by atoms with van der Waals surface area (Å²) in [4.78, 5) is 12.8. The van der Waals surface area contributed by atoms with Crippen LogP contribution in [0.1, 0.15) is 23.7 Å². The molecular formula is C11H14ClFN2O3S. The summed E-state index contributed by atoms with van der Waals surface area (Å²) in [7, 11) is -2.62. The molecule has 0 saturated heterocycles. The molecule has 0 fully saturated rings. The van der Waals surface area contributed by atoms with Gasteiger partial charge in [0.15, 0.2) is 0 Å². The van der Waals surface area contributed by atoms with Crippen LogP contribution in [0, 0.1) is 5.82 Å². The minimum absolute atomic E-state index is 0.352. The lowest BCUT2D eigenvalue weighted by Gasteiger charge is -2.17. The number of nitrogens with two attached hydrogens (primary N) is 1. The molecule has 1 rings (SSSR count). The summed E-state index contributed by atoms with van der Waals surface area (Å²) in [5.41, 5.74) is -0.371. The predicted molar refractivity (Wildman–Crippen MR) is 70.0 cm³/mol. The number of benzene rings is 1. The fraction of sp³-hybridized carbons (Fsp3) is 0.364. The van der Waals surface area contributed by atoms with Crippen molar-refractivity contribution >= 4 is 27.5 Å². The van der Waals surface area contributed by atoms with Crippen molar-refractivity contribution in [3.05, 3.63) is 28.5 Å². The van der Waals surface area contributed by atoms with E-state index in [2.05, 4.69) is 0 Å². The average Bonchev–Trinajstić information content (AvgIpc) is 2.26. The number of hydrogen-bond acceptors (Lipinski definition) is 3. The zero-order chi connectivity index (χ0) is 14.8. The van der Waals surface area contributed by atoms with Crippen LogP contribution < -0.4 is 5.14 Å². The lowest BCUT2D eigenvalue weighted by Crippen LogP contribution is -2.28. The molecule has 0 radical (unpaired) electrons. The third-order valence-corrected chi connectivity index (χ3v) is 3.84. The van der Waals surface area contributed by atoms with E-state index in [9.17, 15) is 17.6 Å². The summed E-state index contributed by atoms with van der Waals surface area (Å²) in [5.74, 6) is -1.51. The molecule has 1 amide bonds. The SMILES string of the molecule is CCCN(C)C(=O)c1cc(S(N)(=O)=O)c(Cl)cc1F. The Labute approximate surface area is 116 Å². The molecule has 0 aliphatic carbocycles. The number of hydrogen-bond donors (Lipinski definition) is 1. The van der Waals surface area contributed by atoms with Crippen LogP contribution in [0.25, 0.3) is 0 Å². The quantitative estimate of drug-likeness (QED) is 0.917.